The maximum atomic E-state index is 13.6. The van der Waals surface area contributed by atoms with Crippen LogP contribution in [0.5, 0.6) is 5.75 Å². The Morgan fingerprint density at radius 3 is 2.13 bits per heavy atom. The molecule has 0 aliphatic rings. The number of fused-ring (bicyclic) bond motifs is 1. The highest BCUT2D eigenvalue weighted by atomic mass is 16.5. The van der Waals surface area contributed by atoms with E-state index in [0.717, 1.165) is 33.9 Å². The molecule has 0 radical (unpaired) electrons. The Balaban J connectivity index is 1.89. The summed E-state index contributed by atoms with van der Waals surface area (Å²) in [6.45, 7) is 0. The summed E-state index contributed by atoms with van der Waals surface area (Å²) >= 11 is 0. The van der Waals surface area contributed by atoms with Crippen molar-refractivity contribution in [2.45, 2.75) is 0 Å². The average Bonchev–Trinajstić information content (AvgIpc) is 3.31. The molecule has 148 valence electrons. The number of benzene rings is 3. The van der Waals surface area contributed by atoms with Crippen molar-refractivity contribution in [3.05, 3.63) is 101 Å². The van der Waals surface area contributed by atoms with Gasteiger partial charge in [-0.15, -0.1) is 0 Å². The van der Waals surface area contributed by atoms with Crippen LogP contribution in [-0.4, -0.2) is 21.0 Å². The molecule has 5 aromatic rings. The third-order valence-corrected chi connectivity index (χ3v) is 5.43. The second kappa shape index (κ2) is 7.12. The van der Waals surface area contributed by atoms with Crippen molar-refractivity contribution in [3.63, 3.8) is 0 Å². The van der Waals surface area contributed by atoms with Crippen molar-refractivity contribution in [1.29, 1.82) is 0 Å². The summed E-state index contributed by atoms with van der Waals surface area (Å²) in [5.41, 5.74) is 4.36. The second-order valence-corrected chi connectivity index (χ2v) is 7.12. The molecule has 5 nitrogen and oxygen atoms in total. The van der Waals surface area contributed by atoms with Gasteiger partial charge in [-0.2, -0.15) is 0 Å². The van der Waals surface area contributed by atoms with Gasteiger partial charge in [-0.05, 0) is 29.8 Å². The predicted molar refractivity (Wildman–Crippen MR) is 120 cm³/mol. The van der Waals surface area contributed by atoms with E-state index < -0.39 is 0 Å². The molecular weight excluding hydrogens is 374 g/mol. The second-order valence-electron chi connectivity index (χ2n) is 7.12. The van der Waals surface area contributed by atoms with Gasteiger partial charge in [0.1, 0.15) is 5.75 Å². The van der Waals surface area contributed by atoms with Gasteiger partial charge in [0.05, 0.1) is 35.1 Å². The van der Waals surface area contributed by atoms with Gasteiger partial charge in [-0.25, -0.2) is 4.68 Å². The molecule has 0 unspecified atom stereocenters. The lowest BCUT2D eigenvalue weighted by atomic mass is 10.1. The minimum atomic E-state index is -0.0498. The van der Waals surface area contributed by atoms with E-state index in [2.05, 4.69) is 4.57 Å². The third-order valence-electron chi connectivity index (χ3n) is 5.43. The van der Waals surface area contributed by atoms with Crippen molar-refractivity contribution in [2.75, 3.05) is 7.11 Å². The summed E-state index contributed by atoms with van der Waals surface area (Å²) in [5, 5.41) is 0.679. The SMILES string of the molecule is COc1ccccc1-n1cc2c(c1-c1ccccc1)c(=O)n(-c1ccccc1)n2C. The summed E-state index contributed by atoms with van der Waals surface area (Å²) < 4.78 is 11.3. The van der Waals surface area contributed by atoms with Crippen LogP contribution in [0.3, 0.4) is 0 Å². The first-order chi connectivity index (χ1) is 14.7. The lowest BCUT2D eigenvalue weighted by molar-refractivity contribution is 0.413. The molecule has 30 heavy (non-hydrogen) atoms. The third kappa shape index (κ3) is 2.67. The van der Waals surface area contributed by atoms with E-state index in [1.54, 1.807) is 11.8 Å². The number of aromatic nitrogens is 3. The molecule has 0 bridgehead atoms. The van der Waals surface area contributed by atoms with Crippen LogP contribution in [0.1, 0.15) is 0 Å². The maximum absolute atomic E-state index is 13.6. The molecule has 5 rings (SSSR count). The van der Waals surface area contributed by atoms with Gasteiger partial charge in [-0.3, -0.25) is 9.48 Å². The number of methoxy groups -OCH3 is 1. The molecule has 5 heteroatoms. The van der Waals surface area contributed by atoms with Gasteiger partial charge in [0.2, 0.25) is 0 Å². The van der Waals surface area contributed by atoms with Gasteiger partial charge in [0, 0.05) is 13.2 Å². The monoisotopic (exact) mass is 395 g/mol. The summed E-state index contributed by atoms with van der Waals surface area (Å²) in [6, 6.07) is 27.5. The molecule has 0 aliphatic carbocycles. The van der Waals surface area contributed by atoms with E-state index in [4.69, 9.17) is 4.74 Å². The molecule has 0 spiro atoms. The van der Waals surface area contributed by atoms with Crippen molar-refractivity contribution in [2.24, 2.45) is 7.05 Å². The molecule has 0 atom stereocenters. The highest BCUT2D eigenvalue weighted by Crippen LogP contribution is 2.35. The van der Waals surface area contributed by atoms with E-state index in [-0.39, 0.29) is 5.56 Å². The summed E-state index contributed by atoms with van der Waals surface area (Å²) in [6.07, 6.45) is 2.01. The quantitative estimate of drug-likeness (QED) is 0.439. The van der Waals surface area contributed by atoms with Crippen LogP contribution in [0, 0.1) is 0 Å². The molecule has 0 saturated heterocycles. The van der Waals surface area contributed by atoms with Crippen molar-refractivity contribution < 1.29 is 4.74 Å². The Bertz CT molecular complexity index is 1390. The van der Waals surface area contributed by atoms with Gasteiger partial charge < -0.3 is 9.30 Å². The molecule has 0 amide bonds. The fraction of sp³-hybridized carbons (Fsp3) is 0.0800. The Morgan fingerprint density at radius 2 is 1.43 bits per heavy atom. The lowest BCUT2D eigenvalue weighted by Gasteiger charge is -2.14. The minimum Gasteiger partial charge on any atom is -0.495 e. The average molecular weight is 395 g/mol. The van der Waals surface area contributed by atoms with Crippen LogP contribution in [0.4, 0.5) is 0 Å². The fourth-order valence-corrected chi connectivity index (χ4v) is 4.06. The Kier molecular flexibility index (Phi) is 4.29. The zero-order valence-corrected chi connectivity index (χ0v) is 16.8. The van der Waals surface area contributed by atoms with Gasteiger partial charge in [0.15, 0.2) is 0 Å². The van der Waals surface area contributed by atoms with E-state index in [1.807, 2.05) is 103 Å². The maximum Gasteiger partial charge on any atom is 0.281 e. The summed E-state index contributed by atoms with van der Waals surface area (Å²) in [7, 11) is 3.57. The van der Waals surface area contributed by atoms with Gasteiger partial charge >= 0.3 is 0 Å². The van der Waals surface area contributed by atoms with Gasteiger partial charge in [-0.1, -0.05) is 60.7 Å². The normalized spacial score (nSPS) is 11.1. The van der Waals surface area contributed by atoms with Crippen LogP contribution >= 0.6 is 0 Å². The standard InChI is InChI=1S/C25H21N3O2/c1-26-21-17-27(20-15-9-10-16-22(20)30-2)24(18-11-5-3-6-12-18)23(21)25(29)28(26)19-13-7-4-8-14-19/h3-17H,1-2H3. The number of hydrogen-bond donors (Lipinski definition) is 0. The summed E-state index contributed by atoms with van der Waals surface area (Å²) in [5.74, 6) is 0.748. The van der Waals surface area contributed by atoms with Gasteiger partial charge in [0.25, 0.3) is 5.56 Å². The van der Waals surface area contributed by atoms with Crippen LogP contribution in [-0.2, 0) is 7.05 Å². The molecule has 2 heterocycles. The number of ether oxygens (including phenoxy) is 1. The van der Waals surface area contributed by atoms with Crippen LogP contribution in [0.25, 0.3) is 33.5 Å². The number of aryl methyl sites for hydroxylation is 1. The predicted octanol–water partition coefficient (Wildman–Crippen LogP) is 4.80. The minimum absolute atomic E-state index is 0.0498. The summed E-state index contributed by atoms with van der Waals surface area (Å²) in [4.78, 5) is 13.6. The molecule has 0 aliphatic heterocycles. The molecular formula is C25H21N3O2. The first-order valence-electron chi connectivity index (χ1n) is 9.78. The van der Waals surface area contributed by atoms with Crippen molar-refractivity contribution in [1.82, 2.24) is 13.9 Å². The number of hydrogen-bond acceptors (Lipinski definition) is 2. The van der Waals surface area contributed by atoms with Crippen LogP contribution < -0.4 is 10.3 Å². The fourth-order valence-electron chi connectivity index (χ4n) is 4.06. The number of nitrogens with zero attached hydrogens (tertiary/aromatic N) is 3. The van der Waals surface area contributed by atoms with E-state index in [9.17, 15) is 4.79 Å². The zero-order valence-electron chi connectivity index (χ0n) is 16.8. The zero-order chi connectivity index (χ0) is 20.7. The van der Waals surface area contributed by atoms with E-state index >= 15 is 0 Å². The molecule has 2 aromatic heterocycles. The number of rotatable bonds is 4. The Hall–Kier alpha value is -3.99. The molecule has 3 aromatic carbocycles. The van der Waals surface area contributed by atoms with Crippen LogP contribution in [0.2, 0.25) is 0 Å². The van der Waals surface area contributed by atoms with Crippen LogP contribution in [0.15, 0.2) is 95.9 Å². The van der Waals surface area contributed by atoms with E-state index in [0.29, 0.717) is 5.39 Å². The highest BCUT2D eigenvalue weighted by molar-refractivity contribution is 5.95. The lowest BCUT2D eigenvalue weighted by Crippen LogP contribution is -2.20. The smallest absolute Gasteiger partial charge is 0.281 e. The highest BCUT2D eigenvalue weighted by Gasteiger charge is 2.23. The largest absolute Gasteiger partial charge is 0.495 e. The van der Waals surface area contributed by atoms with E-state index in [1.165, 1.54) is 0 Å². The topological polar surface area (TPSA) is 41.1 Å². The molecule has 0 fully saturated rings. The first kappa shape index (κ1) is 18.1. The van der Waals surface area contributed by atoms with Crippen molar-refractivity contribution in [3.8, 4) is 28.4 Å². The number of para-hydroxylation sites is 3. The van der Waals surface area contributed by atoms with Crippen molar-refractivity contribution >= 4 is 10.9 Å². The Morgan fingerprint density at radius 1 is 0.800 bits per heavy atom. The Labute approximate surface area is 174 Å². The molecule has 0 N–H and O–H groups in total. The molecule has 0 saturated carbocycles. The first-order valence-corrected chi connectivity index (χ1v) is 9.78.